The van der Waals surface area contributed by atoms with Gasteiger partial charge in [-0.15, -0.1) is 0 Å². The minimum absolute atomic E-state index is 0.323. The molecular formula is C25H32O7P+. The van der Waals surface area contributed by atoms with Crippen molar-refractivity contribution in [1.82, 2.24) is 0 Å². The Morgan fingerprint density at radius 2 is 1.39 bits per heavy atom. The van der Waals surface area contributed by atoms with Gasteiger partial charge in [-0.3, -0.25) is 0 Å². The van der Waals surface area contributed by atoms with Gasteiger partial charge in [0.05, 0.1) is 0 Å². The molecule has 33 heavy (non-hydrogen) atoms. The van der Waals surface area contributed by atoms with Crippen LogP contribution in [-0.2, 0) is 39.2 Å². The maximum atomic E-state index is 12.9. The third kappa shape index (κ3) is 6.32. The molecule has 0 aromatic heterocycles. The van der Waals surface area contributed by atoms with Crippen molar-refractivity contribution < 1.29 is 32.6 Å². The summed E-state index contributed by atoms with van der Waals surface area (Å²) in [6.45, 7) is 8.02. The van der Waals surface area contributed by atoms with Crippen LogP contribution in [0.4, 0.5) is 0 Å². The van der Waals surface area contributed by atoms with Gasteiger partial charge in [0.2, 0.25) is 0 Å². The van der Waals surface area contributed by atoms with Crippen LogP contribution >= 0.6 is 7.88 Å². The summed E-state index contributed by atoms with van der Waals surface area (Å²) < 4.78 is 48.4. The minimum Gasteiger partial charge on any atom is -0.0623 e. The van der Waals surface area contributed by atoms with Crippen LogP contribution in [-0.4, -0.2) is 48.4 Å². The summed E-state index contributed by atoms with van der Waals surface area (Å²) in [6, 6.07) is 21.7. The second-order valence-electron chi connectivity index (χ2n) is 9.13. The summed E-state index contributed by atoms with van der Waals surface area (Å²) in [5.74, 6) is -2.23. The minimum atomic E-state index is -2.12. The number of fused-ring (bicyclic) bond motifs is 1. The molecule has 6 unspecified atom stereocenters. The van der Waals surface area contributed by atoms with Crippen LogP contribution in [0.25, 0.3) is 0 Å². The third-order valence-electron chi connectivity index (χ3n) is 5.53. The topological polar surface area (TPSA) is 75.3 Å². The Hall–Kier alpha value is -1.54. The van der Waals surface area contributed by atoms with Crippen molar-refractivity contribution in [2.45, 2.75) is 76.1 Å². The largest absolute Gasteiger partial charge is 0.0623 e. The molecule has 0 radical (unpaired) electrons. The zero-order valence-corrected chi connectivity index (χ0v) is 20.4. The molecule has 7 nitrogen and oxygen atoms in total. The second-order valence-corrected chi connectivity index (χ2v) is 10.4. The zero-order valence-electron chi connectivity index (χ0n) is 19.5. The van der Waals surface area contributed by atoms with Gasteiger partial charge in [0.15, 0.2) is 0 Å². The van der Waals surface area contributed by atoms with Crippen molar-refractivity contribution in [3.63, 3.8) is 0 Å². The average molecular weight is 475 g/mol. The van der Waals surface area contributed by atoms with Crippen LogP contribution in [0.1, 0.15) is 33.3 Å². The van der Waals surface area contributed by atoms with E-state index < -0.39 is 43.6 Å². The van der Waals surface area contributed by atoms with Gasteiger partial charge < -0.3 is 0 Å². The van der Waals surface area contributed by atoms with Crippen LogP contribution in [0.5, 0.6) is 0 Å². The Morgan fingerprint density at radius 1 is 0.818 bits per heavy atom. The average Bonchev–Trinajstić information content (AvgIpc) is 3.32. The fourth-order valence-electron chi connectivity index (χ4n) is 4.10. The van der Waals surface area contributed by atoms with E-state index in [1.807, 2.05) is 94.4 Å². The molecule has 3 saturated heterocycles. The van der Waals surface area contributed by atoms with Crippen LogP contribution in [0.3, 0.4) is 0 Å². The van der Waals surface area contributed by atoms with E-state index in [4.69, 9.17) is 28.2 Å². The van der Waals surface area contributed by atoms with Crippen molar-refractivity contribution in [2.24, 2.45) is 0 Å². The van der Waals surface area contributed by atoms with E-state index >= 15 is 0 Å². The van der Waals surface area contributed by atoms with Gasteiger partial charge in [-0.1, -0.05) is 36.4 Å². The molecule has 0 amide bonds. The van der Waals surface area contributed by atoms with E-state index in [-0.39, 0.29) is 6.10 Å². The molecule has 5 rings (SSSR count). The molecule has 3 aliphatic rings. The molecule has 3 fully saturated rings. The zero-order chi connectivity index (χ0) is 23.5. The van der Waals surface area contributed by atoms with Crippen LogP contribution < -0.4 is 0 Å². The van der Waals surface area contributed by atoms with Gasteiger partial charge >= 0.3 is 159 Å². The molecule has 0 N–H and O–H groups in total. The van der Waals surface area contributed by atoms with E-state index in [0.29, 0.717) is 13.2 Å². The van der Waals surface area contributed by atoms with Gasteiger partial charge in [-0.25, -0.2) is 0 Å². The van der Waals surface area contributed by atoms with Crippen molar-refractivity contribution in [3.8, 4) is 0 Å². The molecule has 0 spiro atoms. The smallest absolute Gasteiger partial charge is 0.0623 e. The molecular weight excluding hydrogens is 443 g/mol. The number of ether oxygens (including phenoxy) is 5. The van der Waals surface area contributed by atoms with E-state index in [1.165, 1.54) is 0 Å². The fourth-order valence-corrected chi connectivity index (χ4v) is 5.39. The first-order chi connectivity index (χ1) is 15.7. The van der Waals surface area contributed by atoms with Crippen LogP contribution in [0.15, 0.2) is 66.7 Å². The molecule has 2 aromatic rings. The second kappa shape index (κ2) is 10.4. The van der Waals surface area contributed by atoms with E-state index in [2.05, 4.69) is 0 Å². The summed E-state index contributed by atoms with van der Waals surface area (Å²) >= 11 is 0. The van der Waals surface area contributed by atoms with E-state index in [0.717, 1.165) is 5.56 Å². The van der Waals surface area contributed by atoms with Gasteiger partial charge in [-0.2, -0.15) is 0 Å². The summed E-state index contributed by atoms with van der Waals surface area (Å²) in [4.78, 5) is 0. The maximum Gasteiger partial charge on any atom is -0.0623 e. The predicted molar refractivity (Wildman–Crippen MR) is 123 cm³/mol. The normalized spacial score (nSPS) is 33.1. The molecule has 3 aliphatic heterocycles. The number of hydrogen-bond donors (Lipinski definition) is 0. The molecule has 0 aliphatic carbocycles. The Bertz CT molecular complexity index is 930. The first-order valence-corrected chi connectivity index (χ1v) is 12.4. The van der Waals surface area contributed by atoms with Gasteiger partial charge in [0.1, 0.15) is 0 Å². The molecule has 6 atom stereocenters. The molecule has 0 saturated carbocycles. The van der Waals surface area contributed by atoms with Crippen molar-refractivity contribution in [1.29, 1.82) is 0 Å². The van der Waals surface area contributed by atoms with Crippen LogP contribution in [0.2, 0.25) is 0 Å². The molecule has 3 heterocycles. The molecule has 8 heteroatoms. The Morgan fingerprint density at radius 3 is 1.97 bits per heavy atom. The van der Waals surface area contributed by atoms with Gasteiger partial charge in [0, 0.05) is 0 Å². The monoisotopic (exact) mass is 475 g/mol. The van der Waals surface area contributed by atoms with E-state index in [1.54, 1.807) is 0 Å². The molecule has 0 bridgehead atoms. The quantitative estimate of drug-likeness (QED) is 0.456. The van der Waals surface area contributed by atoms with Gasteiger partial charge in [-0.05, 0) is 0 Å². The molecule has 178 valence electrons. The summed E-state index contributed by atoms with van der Waals surface area (Å²) in [5.41, 5.74) is 0.993. The predicted octanol–water partition coefficient (Wildman–Crippen LogP) is 5.03. The SMILES string of the molecule is CC1(C)OCC(C2OP(#[O+])C(OCc3ccccc3)C3OC(C)(C)OC23)O1.c1ccccc1. The van der Waals surface area contributed by atoms with Crippen LogP contribution in [0, 0.1) is 0 Å². The first-order valence-electron chi connectivity index (χ1n) is 11.2. The maximum absolute atomic E-state index is 12.9. The van der Waals surface area contributed by atoms with E-state index in [9.17, 15) is 4.41 Å². The Kier molecular flexibility index (Phi) is 7.73. The Labute approximate surface area is 195 Å². The fraction of sp³-hybridized carbons (Fsp3) is 0.520. The standard InChI is InChI=1S/C19H26O7P.C6H6/c1-18(2)22-11-13(23-18)14-15-16(25-19(3,4)24-15)17(27(20)26-14)21-10-12-8-6-5-7-9-12;1-2-4-6-5-3-1/h5-9,13-17H,10-11H2,1-4H3;1-6H/q+1;. The number of rotatable bonds is 4. The first kappa shape index (κ1) is 24.6. The summed E-state index contributed by atoms with van der Waals surface area (Å²) in [5, 5.41) is 0. The van der Waals surface area contributed by atoms with Crippen molar-refractivity contribution >= 4 is 7.88 Å². The number of benzene rings is 2. The summed E-state index contributed by atoms with van der Waals surface area (Å²) in [7, 11) is -2.12. The van der Waals surface area contributed by atoms with Crippen molar-refractivity contribution in [3.05, 3.63) is 72.3 Å². The van der Waals surface area contributed by atoms with Crippen molar-refractivity contribution in [2.75, 3.05) is 6.61 Å². The van der Waals surface area contributed by atoms with Gasteiger partial charge in [0.25, 0.3) is 0 Å². The Balaban J connectivity index is 0.000000376. The summed E-state index contributed by atoms with van der Waals surface area (Å²) in [6.07, 6.45) is -1.87. The molecule has 2 aromatic carbocycles. The number of hydrogen-bond acceptors (Lipinski definition) is 6. The third-order valence-corrected chi connectivity index (χ3v) is 6.84.